The number of para-hydroxylation sites is 3. The van der Waals surface area contributed by atoms with Gasteiger partial charge in [0, 0.05) is 72.6 Å². The Morgan fingerprint density at radius 2 is 1.06 bits per heavy atom. The number of hydrogen-bond donors (Lipinski definition) is 0. The van der Waals surface area contributed by atoms with E-state index in [1.54, 1.807) is 0 Å². The molecule has 13 rings (SSSR count). The zero-order valence-corrected chi connectivity index (χ0v) is 37.6. The first kappa shape index (κ1) is 39.1. The average Bonchev–Trinajstić information content (AvgIpc) is 3.78. The number of ether oxygens (including phenoxy) is 1. The van der Waals surface area contributed by atoms with Crippen molar-refractivity contribution in [1.29, 1.82) is 0 Å². The molecule has 3 heterocycles. The summed E-state index contributed by atoms with van der Waals surface area (Å²) in [5.74, 6) is 1.74. The molecule has 4 nitrogen and oxygen atoms in total. The zero-order chi connectivity index (χ0) is 44.4. The molecule has 0 spiro atoms. The molecule has 316 valence electrons. The van der Waals surface area contributed by atoms with Gasteiger partial charge in [-0.2, -0.15) is 0 Å². The highest BCUT2D eigenvalue weighted by Crippen LogP contribution is 2.49. The molecular weight excluding hydrogens is 834 g/mol. The van der Waals surface area contributed by atoms with Crippen LogP contribution in [0.4, 0.5) is 51.2 Å². The highest BCUT2D eigenvalue weighted by atomic mass is 32.1. The SMILES string of the molecule is Cc1ccc(N(c2ccc3c(c2)Oc2c(-c4ccccc4)ccc4c2B3c2ccc(N(c3ccccc3)c3ccccc3)cc2N4c2ccccc2)c2cccc3c2sc2ccccc23)cc1. The third-order valence-electron chi connectivity index (χ3n) is 13.3. The lowest BCUT2D eigenvalue weighted by Crippen LogP contribution is -2.59. The largest absolute Gasteiger partial charge is 0.458 e. The van der Waals surface area contributed by atoms with Gasteiger partial charge in [-0.25, -0.2) is 0 Å². The molecule has 0 fully saturated rings. The molecular formula is C61H42BN3OS. The molecule has 0 saturated carbocycles. The summed E-state index contributed by atoms with van der Waals surface area (Å²) in [6.45, 7) is 2.03. The standard InChI is InChI=1S/C61H42BN3OS/c1-41-29-31-46(32-30-41)64(55-27-16-26-51-50-25-14-15-28-58(50)67-61(51)55)48-34-37-53-57(40-48)66-60-49(42-17-6-2-7-18-42)35-38-54-59(60)62(53)52-36-33-47(39-56(52)65(54)45-23-12-5-13-24-45)63(43-19-8-3-9-20-43)44-21-10-4-11-22-44/h2-40H,1H3. The first-order valence-electron chi connectivity index (χ1n) is 22.9. The number of nitrogens with zero attached hydrogens (tertiary/aromatic N) is 3. The van der Waals surface area contributed by atoms with Gasteiger partial charge in [-0.1, -0.05) is 145 Å². The quantitative estimate of drug-likeness (QED) is 0.142. The molecule has 2 aliphatic rings. The van der Waals surface area contributed by atoms with Crippen molar-refractivity contribution >= 4 is 106 Å². The fourth-order valence-corrected chi connectivity index (χ4v) is 11.5. The van der Waals surface area contributed by atoms with Crippen molar-refractivity contribution in [2.45, 2.75) is 6.92 Å². The van der Waals surface area contributed by atoms with Crippen molar-refractivity contribution < 1.29 is 4.74 Å². The van der Waals surface area contributed by atoms with E-state index in [1.165, 1.54) is 36.7 Å². The van der Waals surface area contributed by atoms with E-state index in [1.807, 2.05) is 11.3 Å². The third-order valence-corrected chi connectivity index (χ3v) is 14.6. The minimum atomic E-state index is -0.115. The summed E-state index contributed by atoms with van der Waals surface area (Å²) in [4.78, 5) is 7.19. The van der Waals surface area contributed by atoms with E-state index < -0.39 is 0 Å². The van der Waals surface area contributed by atoms with Crippen molar-refractivity contribution in [3.8, 4) is 22.6 Å². The molecule has 10 aromatic carbocycles. The zero-order valence-electron chi connectivity index (χ0n) is 36.8. The minimum Gasteiger partial charge on any atom is -0.458 e. The molecule has 1 aromatic heterocycles. The minimum absolute atomic E-state index is 0.115. The molecule has 0 saturated heterocycles. The molecule has 0 amide bonds. The maximum absolute atomic E-state index is 7.44. The van der Waals surface area contributed by atoms with Gasteiger partial charge in [-0.15, -0.1) is 11.3 Å². The number of anilines is 9. The van der Waals surface area contributed by atoms with Crippen LogP contribution < -0.4 is 35.8 Å². The Bertz CT molecular complexity index is 3600. The number of fused-ring (bicyclic) bond motifs is 7. The van der Waals surface area contributed by atoms with Gasteiger partial charge in [0.15, 0.2) is 0 Å². The first-order valence-corrected chi connectivity index (χ1v) is 23.7. The number of rotatable bonds is 8. The molecule has 0 atom stereocenters. The highest BCUT2D eigenvalue weighted by Gasteiger charge is 2.43. The van der Waals surface area contributed by atoms with Crippen LogP contribution >= 0.6 is 11.3 Å². The van der Waals surface area contributed by atoms with Crippen LogP contribution in [0.2, 0.25) is 0 Å². The molecule has 0 radical (unpaired) electrons. The highest BCUT2D eigenvalue weighted by molar-refractivity contribution is 7.26. The maximum atomic E-state index is 7.44. The molecule has 0 bridgehead atoms. The van der Waals surface area contributed by atoms with E-state index in [0.29, 0.717) is 0 Å². The fraction of sp³-hybridized carbons (Fsp3) is 0.0164. The van der Waals surface area contributed by atoms with Crippen LogP contribution in [0.3, 0.4) is 0 Å². The molecule has 0 aliphatic carbocycles. The summed E-state index contributed by atoms with van der Waals surface area (Å²) in [7, 11) is 0. The van der Waals surface area contributed by atoms with Crippen LogP contribution in [0.25, 0.3) is 31.3 Å². The second-order valence-corrected chi connectivity index (χ2v) is 18.4. The summed E-state index contributed by atoms with van der Waals surface area (Å²) >= 11 is 1.85. The lowest BCUT2D eigenvalue weighted by atomic mass is 9.34. The smallest absolute Gasteiger partial charge is 0.256 e. The van der Waals surface area contributed by atoms with Crippen LogP contribution in [0, 0.1) is 6.92 Å². The summed E-state index contributed by atoms with van der Waals surface area (Å²) in [6, 6.07) is 85.5. The lowest BCUT2D eigenvalue weighted by Gasteiger charge is -2.41. The van der Waals surface area contributed by atoms with Crippen molar-refractivity contribution in [1.82, 2.24) is 0 Å². The topological polar surface area (TPSA) is 19.0 Å². The van der Waals surface area contributed by atoms with Gasteiger partial charge in [-0.05, 0) is 120 Å². The second kappa shape index (κ2) is 16.0. The molecule has 2 aliphatic heterocycles. The molecule has 67 heavy (non-hydrogen) atoms. The van der Waals surface area contributed by atoms with Crippen LogP contribution in [-0.4, -0.2) is 6.71 Å². The Labute approximate surface area is 394 Å². The Morgan fingerprint density at radius 3 is 1.79 bits per heavy atom. The summed E-state index contributed by atoms with van der Waals surface area (Å²) in [5.41, 5.74) is 16.8. The number of aryl methyl sites for hydroxylation is 1. The summed E-state index contributed by atoms with van der Waals surface area (Å²) in [6.07, 6.45) is 0. The van der Waals surface area contributed by atoms with Gasteiger partial charge in [0.05, 0.1) is 10.4 Å². The van der Waals surface area contributed by atoms with Gasteiger partial charge in [0.2, 0.25) is 0 Å². The third kappa shape index (κ3) is 6.52. The number of benzene rings is 10. The fourth-order valence-electron chi connectivity index (χ4n) is 10.3. The van der Waals surface area contributed by atoms with Gasteiger partial charge < -0.3 is 19.4 Å². The van der Waals surface area contributed by atoms with E-state index in [9.17, 15) is 0 Å². The predicted octanol–water partition coefficient (Wildman–Crippen LogP) is 15.4. The van der Waals surface area contributed by atoms with Crippen LogP contribution in [-0.2, 0) is 0 Å². The van der Waals surface area contributed by atoms with Crippen molar-refractivity contribution in [3.63, 3.8) is 0 Å². The van der Waals surface area contributed by atoms with E-state index >= 15 is 0 Å². The first-order chi connectivity index (χ1) is 33.2. The van der Waals surface area contributed by atoms with Crippen LogP contribution in [0.15, 0.2) is 237 Å². The van der Waals surface area contributed by atoms with E-state index in [-0.39, 0.29) is 6.71 Å². The molecule has 6 heteroatoms. The average molecular weight is 876 g/mol. The maximum Gasteiger partial charge on any atom is 0.256 e. The van der Waals surface area contributed by atoms with Gasteiger partial charge in [0.1, 0.15) is 11.5 Å². The van der Waals surface area contributed by atoms with Gasteiger partial charge in [0.25, 0.3) is 6.71 Å². The summed E-state index contributed by atoms with van der Waals surface area (Å²) < 4.78 is 9.98. The Kier molecular flexibility index (Phi) is 9.32. The van der Waals surface area contributed by atoms with Crippen molar-refractivity contribution in [2.24, 2.45) is 0 Å². The molecule has 11 aromatic rings. The van der Waals surface area contributed by atoms with Gasteiger partial charge >= 0.3 is 0 Å². The predicted molar refractivity (Wildman–Crippen MR) is 285 cm³/mol. The Hall–Kier alpha value is -8.32. The van der Waals surface area contributed by atoms with Gasteiger partial charge in [-0.3, -0.25) is 0 Å². The van der Waals surface area contributed by atoms with E-state index in [2.05, 4.69) is 258 Å². The van der Waals surface area contributed by atoms with E-state index in [0.717, 1.165) is 79.3 Å². The monoisotopic (exact) mass is 875 g/mol. The summed E-state index contributed by atoms with van der Waals surface area (Å²) in [5, 5.41) is 2.54. The number of hydrogen-bond acceptors (Lipinski definition) is 5. The van der Waals surface area contributed by atoms with Crippen molar-refractivity contribution in [3.05, 3.63) is 242 Å². The van der Waals surface area contributed by atoms with Crippen LogP contribution in [0.5, 0.6) is 11.5 Å². The van der Waals surface area contributed by atoms with Crippen LogP contribution in [0.1, 0.15) is 5.56 Å². The Morgan fingerprint density at radius 1 is 0.463 bits per heavy atom. The molecule has 0 unspecified atom stereocenters. The Balaban J connectivity index is 1.05. The second-order valence-electron chi connectivity index (χ2n) is 17.3. The lowest BCUT2D eigenvalue weighted by molar-refractivity contribution is 0.489. The molecule has 0 N–H and O–H groups in total. The normalized spacial score (nSPS) is 12.3. The number of thiophene rings is 1. The van der Waals surface area contributed by atoms with Crippen molar-refractivity contribution in [2.75, 3.05) is 14.7 Å². The van der Waals surface area contributed by atoms with E-state index in [4.69, 9.17) is 4.74 Å².